The van der Waals surface area contributed by atoms with Gasteiger partial charge in [-0.15, -0.1) is 0 Å². The average Bonchev–Trinajstić information content (AvgIpc) is 2.57. The molecule has 114 valence electrons. The molecule has 0 saturated carbocycles. The van der Waals surface area contributed by atoms with E-state index in [9.17, 15) is 9.90 Å². The number of guanidine groups is 1. The van der Waals surface area contributed by atoms with Crippen molar-refractivity contribution in [2.24, 2.45) is 5.92 Å². The maximum atomic E-state index is 12.2. The van der Waals surface area contributed by atoms with Crippen LogP contribution in [-0.4, -0.2) is 34.0 Å². The Bertz CT molecular complexity index is 556. The molecule has 1 aliphatic rings. The lowest BCUT2D eigenvalue weighted by Crippen LogP contribution is -2.48. The minimum atomic E-state index is -0.665. The first-order valence-electron chi connectivity index (χ1n) is 7.28. The predicted octanol–water partition coefficient (Wildman–Crippen LogP) is 2.11. The second kappa shape index (κ2) is 5.76. The van der Waals surface area contributed by atoms with Crippen molar-refractivity contribution in [3.8, 4) is 5.75 Å². The third-order valence-electron chi connectivity index (χ3n) is 3.93. The lowest BCUT2D eigenvalue weighted by atomic mass is 9.89. The van der Waals surface area contributed by atoms with E-state index in [1.165, 1.54) is 0 Å². The summed E-state index contributed by atoms with van der Waals surface area (Å²) < 4.78 is 0. The molecular formula is C16H23N3O2. The van der Waals surface area contributed by atoms with Crippen molar-refractivity contribution in [3.63, 3.8) is 0 Å². The van der Waals surface area contributed by atoms with Crippen LogP contribution in [0.3, 0.4) is 0 Å². The van der Waals surface area contributed by atoms with Crippen molar-refractivity contribution >= 4 is 11.9 Å². The summed E-state index contributed by atoms with van der Waals surface area (Å²) in [6.45, 7) is 6.62. The first-order valence-corrected chi connectivity index (χ1v) is 7.28. The molecule has 1 atom stereocenters. The van der Waals surface area contributed by atoms with Crippen LogP contribution in [0.4, 0.5) is 0 Å². The van der Waals surface area contributed by atoms with Crippen molar-refractivity contribution in [2.45, 2.75) is 39.2 Å². The van der Waals surface area contributed by atoms with Gasteiger partial charge in [-0.05, 0) is 43.4 Å². The van der Waals surface area contributed by atoms with E-state index < -0.39 is 5.54 Å². The molecule has 2 rings (SSSR count). The molecule has 0 bridgehead atoms. The molecule has 1 saturated heterocycles. The van der Waals surface area contributed by atoms with Crippen molar-refractivity contribution in [1.82, 2.24) is 10.2 Å². The third-order valence-corrected chi connectivity index (χ3v) is 3.93. The molecule has 1 aromatic carbocycles. The first kappa shape index (κ1) is 15.4. The van der Waals surface area contributed by atoms with E-state index in [1.54, 1.807) is 18.2 Å². The Hall–Kier alpha value is -2.04. The molecule has 1 aromatic rings. The number of phenols is 1. The Morgan fingerprint density at radius 2 is 2.14 bits per heavy atom. The van der Waals surface area contributed by atoms with E-state index in [0.29, 0.717) is 25.3 Å². The highest BCUT2D eigenvalue weighted by molar-refractivity contribution is 6.07. The zero-order valence-electron chi connectivity index (χ0n) is 12.8. The quantitative estimate of drug-likeness (QED) is 0.777. The maximum Gasteiger partial charge on any atom is 0.252 e. The van der Waals surface area contributed by atoms with E-state index in [2.05, 4.69) is 19.2 Å². The van der Waals surface area contributed by atoms with Gasteiger partial charge in [0, 0.05) is 6.54 Å². The van der Waals surface area contributed by atoms with Crippen LogP contribution in [0.5, 0.6) is 5.75 Å². The second-order valence-electron chi connectivity index (χ2n) is 6.25. The highest BCUT2D eigenvalue weighted by Crippen LogP contribution is 2.28. The normalized spacial score (nSPS) is 22.0. The number of rotatable bonds is 5. The summed E-state index contributed by atoms with van der Waals surface area (Å²) >= 11 is 0. The molecule has 21 heavy (non-hydrogen) atoms. The van der Waals surface area contributed by atoms with Gasteiger partial charge < -0.3 is 10.0 Å². The maximum absolute atomic E-state index is 12.2. The standard InChI is InChI=1S/C16H23N3O2/c1-11(2)10-16(3)14(21)18-15(17)19(16)8-7-12-5-4-6-13(20)9-12/h4-6,9,11,20H,7-8,10H2,1-3H3,(H2,17,18,21). The van der Waals surface area contributed by atoms with Crippen LogP contribution in [-0.2, 0) is 11.2 Å². The van der Waals surface area contributed by atoms with Gasteiger partial charge in [-0.3, -0.25) is 15.5 Å². The molecule has 1 amide bonds. The molecule has 0 spiro atoms. The summed E-state index contributed by atoms with van der Waals surface area (Å²) in [6, 6.07) is 7.09. The fourth-order valence-corrected chi connectivity index (χ4v) is 2.99. The summed E-state index contributed by atoms with van der Waals surface area (Å²) in [5.41, 5.74) is 0.330. The summed E-state index contributed by atoms with van der Waals surface area (Å²) in [5.74, 6) is 0.679. The summed E-state index contributed by atoms with van der Waals surface area (Å²) in [7, 11) is 0. The number of nitrogens with one attached hydrogen (secondary N) is 2. The number of amides is 1. The number of nitrogens with zero attached hydrogens (tertiary/aromatic N) is 1. The highest BCUT2D eigenvalue weighted by atomic mass is 16.3. The summed E-state index contributed by atoms with van der Waals surface area (Å²) in [4.78, 5) is 14.0. The molecular weight excluding hydrogens is 266 g/mol. The van der Waals surface area contributed by atoms with Crippen molar-refractivity contribution in [3.05, 3.63) is 29.8 Å². The fourth-order valence-electron chi connectivity index (χ4n) is 2.99. The molecule has 5 heteroatoms. The first-order chi connectivity index (χ1) is 9.83. The Morgan fingerprint density at radius 1 is 1.43 bits per heavy atom. The van der Waals surface area contributed by atoms with Gasteiger partial charge >= 0.3 is 0 Å². The van der Waals surface area contributed by atoms with E-state index in [4.69, 9.17) is 5.41 Å². The van der Waals surface area contributed by atoms with E-state index in [1.807, 2.05) is 17.9 Å². The van der Waals surface area contributed by atoms with Crippen molar-refractivity contribution < 1.29 is 9.90 Å². The van der Waals surface area contributed by atoms with Crippen LogP contribution in [0, 0.1) is 11.3 Å². The SMILES string of the molecule is CC(C)CC1(C)C(=O)NC(=N)N1CCc1cccc(O)c1. The van der Waals surface area contributed by atoms with E-state index in [0.717, 1.165) is 5.56 Å². The molecule has 1 unspecified atom stereocenters. The van der Waals surface area contributed by atoms with Crippen molar-refractivity contribution in [2.75, 3.05) is 6.54 Å². The number of phenolic OH excluding ortho intramolecular Hbond substituents is 1. The average molecular weight is 289 g/mol. The highest BCUT2D eigenvalue weighted by Gasteiger charge is 2.47. The summed E-state index contributed by atoms with van der Waals surface area (Å²) in [6.07, 6.45) is 1.39. The van der Waals surface area contributed by atoms with Crippen LogP contribution in [0.1, 0.15) is 32.8 Å². The van der Waals surface area contributed by atoms with Gasteiger partial charge in [0.2, 0.25) is 0 Å². The second-order valence-corrected chi connectivity index (χ2v) is 6.25. The zero-order chi connectivity index (χ0) is 15.6. The van der Waals surface area contributed by atoms with Gasteiger partial charge in [0.1, 0.15) is 11.3 Å². The minimum absolute atomic E-state index is 0.0999. The molecule has 1 aliphatic heterocycles. The number of carbonyl (C=O) groups is 1. The molecule has 0 aromatic heterocycles. The van der Waals surface area contributed by atoms with Gasteiger partial charge in [0.05, 0.1) is 0 Å². The molecule has 1 fully saturated rings. The van der Waals surface area contributed by atoms with E-state index >= 15 is 0 Å². The van der Waals surface area contributed by atoms with Gasteiger partial charge in [0.25, 0.3) is 5.91 Å². The van der Waals surface area contributed by atoms with E-state index in [-0.39, 0.29) is 17.6 Å². The van der Waals surface area contributed by atoms with Gasteiger partial charge in [-0.2, -0.15) is 0 Å². The van der Waals surface area contributed by atoms with Crippen LogP contribution < -0.4 is 5.32 Å². The third kappa shape index (κ3) is 3.17. The fraction of sp³-hybridized carbons (Fsp3) is 0.500. The molecule has 0 aliphatic carbocycles. The molecule has 1 heterocycles. The number of carbonyl (C=O) groups excluding carboxylic acids is 1. The Balaban J connectivity index is 2.12. The Labute approximate surface area is 125 Å². The van der Waals surface area contributed by atoms with Crippen LogP contribution in [0.25, 0.3) is 0 Å². The number of hydrogen-bond donors (Lipinski definition) is 3. The Morgan fingerprint density at radius 3 is 2.76 bits per heavy atom. The topological polar surface area (TPSA) is 76.4 Å². The van der Waals surface area contributed by atoms with Crippen LogP contribution in [0.2, 0.25) is 0 Å². The van der Waals surface area contributed by atoms with Crippen LogP contribution >= 0.6 is 0 Å². The number of benzene rings is 1. The zero-order valence-corrected chi connectivity index (χ0v) is 12.8. The smallest absolute Gasteiger partial charge is 0.252 e. The summed E-state index contributed by atoms with van der Waals surface area (Å²) in [5, 5.41) is 20.1. The van der Waals surface area contributed by atoms with Gasteiger partial charge in [-0.25, -0.2) is 0 Å². The number of hydrogen-bond acceptors (Lipinski definition) is 3. The molecule has 0 radical (unpaired) electrons. The van der Waals surface area contributed by atoms with Gasteiger partial charge in [-0.1, -0.05) is 26.0 Å². The number of aromatic hydroxyl groups is 1. The predicted molar refractivity (Wildman–Crippen MR) is 82.2 cm³/mol. The van der Waals surface area contributed by atoms with Crippen molar-refractivity contribution in [1.29, 1.82) is 5.41 Å². The lowest BCUT2D eigenvalue weighted by Gasteiger charge is -2.34. The molecule has 3 N–H and O–H groups in total. The largest absolute Gasteiger partial charge is 0.508 e. The van der Waals surface area contributed by atoms with Gasteiger partial charge in [0.15, 0.2) is 5.96 Å². The minimum Gasteiger partial charge on any atom is -0.508 e. The lowest BCUT2D eigenvalue weighted by molar-refractivity contribution is -0.126. The molecule has 5 nitrogen and oxygen atoms in total. The monoisotopic (exact) mass is 289 g/mol. The van der Waals surface area contributed by atoms with Crippen LogP contribution in [0.15, 0.2) is 24.3 Å². The Kier molecular flexibility index (Phi) is 4.21.